The van der Waals surface area contributed by atoms with Gasteiger partial charge in [0.1, 0.15) is 5.75 Å². The van der Waals surface area contributed by atoms with Crippen molar-refractivity contribution >= 4 is 16.6 Å². The van der Waals surface area contributed by atoms with E-state index in [1.54, 1.807) is 54.6 Å². The summed E-state index contributed by atoms with van der Waals surface area (Å²) in [5.74, 6) is 6.19. The molecular formula is C24H16N4O3. The van der Waals surface area contributed by atoms with Gasteiger partial charge in [0.25, 0.3) is 0 Å². The van der Waals surface area contributed by atoms with Gasteiger partial charge in [0.15, 0.2) is 5.65 Å². The minimum absolute atomic E-state index is 0.144. The lowest BCUT2D eigenvalue weighted by atomic mass is 10.1. The number of aromatic nitrogens is 4. The molecule has 0 fully saturated rings. The van der Waals surface area contributed by atoms with Crippen LogP contribution >= 0.6 is 0 Å². The van der Waals surface area contributed by atoms with Crippen LogP contribution in [0.3, 0.4) is 0 Å². The van der Waals surface area contributed by atoms with E-state index >= 15 is 0 Å². The van der Waals surface area contributed by atoms with Crippen LogP contribution in [0.15, 0.2) is 76.3 Å². The van der Waals surface area contributed by atoms with E-state index in [9.17, 15) is 14.7 Å². The summed E-state index contributed by atoms with van der Waals surface area (Å²) >= 11 is 0. The van der Waals surface area contributed by atoms with Crippen LogP contribution in [0.25, 0.3) is 22.2 Å². The predicted molar refractivity (Wildman–Crippen MR) is 118 cm³/mol. The Hall–Kier alpha value is -4.57. The van der Waals surface area contributed by atoms with Crippen molar-refractivity contribution in [3.63, 3.8) is 0 Å². The third-order valence-corrected chi connectivity index (χ3v) is 4.96. The Kier molecular flexibility index (Phi) is 4.19. The molecule has 7 heteroatoms. The van der Waals surface area contributed by atoms with Gasteiger partial charge in [-0.15, -0.1) is 5.10 Å². The largest absolute Gasteiger partial charge is 0.508 e. The number of fused-ring (bicyclic) bond motifs is 3. The zero-order chi connectivity index (χ0) is 21.5. The first kappa shape index (κ1) is 18.5. The number of aromatic amines is 1. The highest BCUT2D eigenvalue weighted by atomic mass is 16.3. The molecule has 2 heterocycles. The molecule has 2 aromatic heterocycles. The van der Waals surface area contributed by atoms with Crippen molar-refractivity contribution in [2.24, 2.45) is 0 Å². The summed E-state index contributed by atoms with van der Waals surface area (Å²) in [7, 11) is 0. The van der Waals surface area contributed by atoms with Crippen LogP contribution in [0.1, 0.15) is 16.7 Å². The van der Waals surface area contributed by atoms with Crippen LogP contribution < -0.4 is 11.4 Å². The second-order valence-electron chi connectivity index (χ2n) is 7.18. The summed E-state index contributed by atoms with van der Waals surface area (Å²) in [6.07, 6.45) is 0. The molecule has 3 aromatic carbocycles. The summed E-state index contributed by atoms with van der Waals surface area (Å²) < 4.78 is 2.24. The lowest BCUT2D eigenvalue weighted by Crippen LogP contribution is -2.29. The molecule has 0 aliphatic heterocycles. The Labute approximate surface area is 175 Å². The molecule has 0 radical (unpaired) electrons. The second-order valence-corrected chi connectivity index (χ2v) is 7.18. The third-order valence-electron chi connectivity index (χ3n) is 4.96. The molecule has 150 valence electrons. The molecule has 0 bridgehead atoms. The summed E-state index contributed by atoms with van der Waals surface area (Å²) in [6.45, 7) is 1.95. The average Bonchev–Trinajstić information content (AvgIpc) is 3.11. The predicted octanol–water partition coefficient (Wildman–Crippen LogP) is 2.74. The van der Waals surface area contributed by atoms with Crippen LogP contribution in [-0.2, 0) is 0 Å². The van der Waals surface area contributed by atoms with E-state index < -0.39 is 11.4 Å². The van der Waals surface area contributed by atoms with Crippen molar-refractivity contribution in [3.05, 3.63) is 104 Å². The molecule has 0 unspecified atom stereocenters. The molecule has 0 spiro atoms. The molecular weight excluding hydrogens is 392 g/mol. The van der Waals surface area contributed by atoms with Crippen molar-refractivity contribution in [1.29, 1.82) is 0 Å². The lowest BCUT2D eigenvalue weighted by molar-refractivity contribution is 0.475. The van der Waals surface area contributed by atoms with Gasteiger partial charge in [0.05, 0.1) is 11.2 Å². The molecule has 0 saturated carbocycles. The van der Waals surface area contributed by atoms with Gasteiger partial charge in [-0.25, -0.2) is 9.59 Å². The van der Waals surface area contributed by atoms with Crippen LogP contribution in [0.2, 0.25) is 0 Å². The molecule has 0 atom stereocenters. The van der Waals surface area contributed by atoms with Crippen molar-refractivity contribution in [2.45, 2.75) is 6.92 Å². The lowest BCUT2D eigenvalue weighted by Gasteiger charge is -2.00. The van der Waals surface area contributed by atoms with Gasteiger partial charge >= 0.3 is 11.4 Å². The summed E-state index contributed by atoms with van der Waals surface area (Å²) in [5, 5.41) is 14.6. The SMILES string of the molecule is Cc1ccc(-n2nc3c4cc(C#Cc5cccc(O)c5)ccc4[nH]c(=O)n3c2=O)cc1. The molecule has 0 amide bonds. The number of rotatable bonds is 1. The molecule has 5 aromatic rings. The standard InChI is InChI=1S/C24H16N4O3/c1-15-5-10-18(11-6-15)28-24(31)27-22(26-28)20-14-17(9-12-21(20)25-23(27)30)8-7-16-3-2-4-19(29)13-16/h2-6,9-14,29H,1H3,(H,25,30). The fourth-order valence-electron chi connectivity index (χ4n) is 3.39. The molecule has 2 N–H and O–H groups in total. The van der Waals surface area contributed by atoms with Gasteiger partial charge < -0.3 is 10.1 Å². The van der Waals surface area contributed by atoms with Crippen LogP contribution in [0.4, 0.5) is 0 Å². The van der Waals surface area contributed by atoms with Crippen molar-refractivity contribution < 1.29 is 5.11 Å². The molecule has 7 nitrogen and oxygen atoms in total. The monoisotopic (exact) mass is 408 g/mol. The Bertz CT molecular complexity index is 1640. The highest BCUT2D eigenvalue weighted by Gasteiger charge is 2.15. The van der Waals surface area contributed by atoms with Gasteiger partial charge in [-0.1, -0.05) is 35.6 Å². The molecule has 31 heavy (non-hydrogen) atoms. The van der Waals surface area contributed by atoms with E-state index in [-0.39, 0.29) is 11.4 Å². The maximum atomic E-state index is 12.9. The van der Waals surface area contributed by atoms with E-state index in [4.69, 9.17) is 0 Å². The van der Waals surface area contributed by atoms with Gasteiger partial charge in [-0.05, 0) is 55.5 Å². The maximum absolute atomic E-state index is 12.9. The Balaban J connectivity index is 1.71. The first-order chi connectivity index (χ1) is 15.0. The second kappa shape index (κ2) is 7.04. The number of aryl methyl sites for hydroxylation is 1. The van der Waals surface area contributed by atoms with E-state index in [0.29, 0.717) is 27.7 Å². The average molecular weight is 408 g/mol. The van der Waals surface area contributed by atoms with Crippen molar-refractivity contribution in [2.75, 3.05) is 0 Å². The number of H-pyrrole nitrogens is 1. The van der Waals surface area contributed by atoms with E-state index in [2.05, 4.69) is 21.9 Å². The first-order valence-corrected chi connectivity index (χ1v) is 9.55. The number of nitrogens with zero attached hydrogens (tertiary/aromatic N) is 3. The quantitative estimate of drug-likeness (QED) is 0.417. The van der Waals surface area contributed by atoms with E-state index in [1.165, 1.54) is 4.68 Å². The molecule has 0 saturated heterocycles. The van der Waals surface area contributed by atoms with Gasteiger partial charge in [0, 0.05) is 16.5 Å². The van der Waals surface area contributed by atoms with Crippen LogP contribution in [-0.4, -0.2) is 24.3 Å². The Morgan fingerprint density at radius 3 is 2.42 bits per heavy atom. The van der Waals surface area contributed by atoms with E-state index in [0.717, 1.165) is 9.96 Å². The minimum Gasteiger partial charge on any atom is -0.508 e. The Morgan fingerprint density at radius 1 is 0.935 bits per heavy atom. The summed E-state index contributed by atoms with van der Waals surface area (Å²) in [6, 6.07) is 19.3. The summed E-state index contributed by atoms with van der Waals surface area (Å²) in [4.78, 5) is 28.2. The zero-order valence-corrected chi connectivity index (χ0v) is 16.5. The minimum atomic E-state index is -0.551. The molecule has 0 aliphatic rings. The number of aromatic hydroxyl groups is 1. The summed E-state index contributed by atoms with van der Waals surface area (Å²) in [5.41, 5.74) is 2.70. The van der Waals surface area contributed by atoms with Gasteiger partial charge in [-0.2, -0.15) is 9.08 Å². The maximum Gasteiger partial charge on any atom is 0.359 e. The highest BCUT2D eigenvalue weighted by molar-refractivity contribution is 5.91. The van der Waals surface area contributed by atoms with Crippen LogP contribution in [0, 0.1) is 18.8 Å². The number of phenolic OH excluding ortho intramolecular Hbond substituents is 1. The first-order valence-electron chi connectivity index (χ1n) is 9.55. The third kappa shape index (κ3) is 3.26. The molecule has 5 rings (SSSR count). The zero-order valence-electron chi connectivity index (χ0n) is 16.5. The highest BCUT2D eigenvalue weighted by Crippen LogP contribution is 2.17. The number of nitrogens with one attached hydrogen (secondary N) is 1. The number of phenols is 1. The number of hydrogen-bond acceptors (Lipinski definition) is 4. The fourth-order valence-corrected chi connectivity index (χ4v) is 3.39. The van der Waals surface area contributed by atoms with Crippen molar-refractivity contribution in [3.8, 4) is 23.3 Å². The van der Waals surface area contributed by atoms with E-state index in [1.807, 2.05) is 19.1 Å². The van der Waals surface area contributed by atoms with Crippen molar-refractivity contribution in [1.82, 2.24) is 19.2 Å². The fraction of sp³-hybridized carbons (Fsp3) is 0.0417. The Morgan fingerprint density at radius 2 is 1.68 bits per heavy atom. The van der Waals surface area contributed by atoms with Gasteiger partial charge in [-0.3, -0.25) is 0 Å². The topological polar surface area (TPSA) is 92.4 Å². The van der Waals surface area contributed by atoms with Crippen LogP contribution in [0.5, 0.6) is 5.75 Å². The molecule has 0 aliphatic carbocycles. The smallest absolute Gasteiger partial charge is 0.359 e. The number of hydrogen-bond donors (Lipinski definition) is 2. The van der Waals surface area contributed by atoms with Gasteiger partial charge in [0.2, 0.25) is 0 Å². The number of benzene rings is 3. The normalized spacial score (nSPS) is 10.9.